The van der Waals surface area contributed by atoms with Crippen LogP contribution in [0.15, 0.2) is 29.8 Å². The molecule has 2 rings (SSSR count). The number of nitrogens with zero attached hydrogens (tertiary/aromatic N) is 3. The summed E-state index contributed by atoms with van der Waals surface area (Å²) in [6.07, 6.45) is 2.57. The average molecular weight is 292 g/mol. The van der Waals surface area contributed by atoms with E-state index in [1.807, 2.05) is 7.05 Å². The molecule has 4 nitrogen and oxygen atoms in total. The number of hydrogen-bond acceptors (Lipinski definition) is 5. The second-order valence-corrected chi connectivity index (χ2v) is 5.85. The van der Waals surface area contributed by atoms with E-state index in [-0.39, 0.29) is 0 Å². The maximum absolute atomic E-state index is 5.73. The maximum Gasteiger partial charge on any atom is 0.161 e. The molecule has 0 saturated carbocycles. The van der Waals surface area contributed by atoms with Crippen molar-refractivity contribution in [3.05, 3.63) is 40.2 Å². The minimum Gasteiger partial charge on any atom is -0.389 e. The third-order valence-electron chi connectivity index (χ3n) is 3.04. The highest BCUT2D eigenvalue weighted by molar-refractivity contribution is 7.80. The van der Waals surface area contributed by atoms with E-state index in [1.54, 1.807) is 23.6 Å². The quantitative estimate of drug-likeness (QED) is 0.857. The minimum atomic E-state index is 0.295. The van der Waals surface area contributed by atoms with Crippen LogP contribution in [-0.2, 0) is 6.42 Å². The standard InChI is InChI=1S/C13H16N4S2/c1-9(8-10-4-3-7-19-10)17(2)13-11(12(14)18)5-6-15-16-13/h3-7,9H,8H2,1-2H3,(H2,14,18). The first kappa shape index (κ1) is 13.9. The number of rotatable bonds is 5. The highest BCUT2D eigenvalue weighted by Crippen LogP contribution is 2.20. The van der Waals surface area contributed by atoms with E-state index in [9.17, 15) is 0 Å². The SMILES string of the molecule is CC(Cc1cccs1)N(C)c1nnccc1C(N)=S. The molecule has 0 radical (unpaired) electrons. The first-order chi connectivity index (χ1) is 9.09. The molecule has 0 aliphatic heterocycles. The summed E-state index contributed by atoms with van der Waals surface area (Å²) >= 11 is 6.82. The molecule has 0 fully saturated rings. The van der Waals surface area contributed by atoms with Gasteiger partial charge in [-0.05, 0) is 24.4 Å². The van der Waals surface area contributed by atoms with Crippen LogP contribution in [0.2, 0.25) is 0 Å². The zero-order chi connectivity index (χ0) is 13.8. The Morgan fingerprint density at radius 1 is 1.53 bits per heavy atom. The maximum atomic E-state index is 5.73. The molecule has 0 amide bonds. The van der Waals surface area contributed by atoms with Gasteiger partial charge in [-0.25, -0.2) is 0 Å². The molecule has 2 heterocycles. The third kappa shape index (κ3) is 3.27. The predicted molar refractivity (Wildman–Crippen MR) is 83.8 cm³/mol. The highest BCUT2D eigenvalue weighted by Gasteiger charge is 2.17. The Balaban J connectivity index is 2.19. The molecule has 0 aliphatic carbocycles. The van der Waals surface area contributed by atoms with Crippen molar-refractivity contribution in [1.82, 2.24) is 10.2 Å². The second kappa shape index (κ2) is 6.08. The summed E-state index contributed by atoms with van der Waals surface area (Å²) < 4.78 is 0. The van der Waals surface area contributed by atoms with E-state index < -0.39 is 0 Å². The zero-order valence-corrected chi connectivity index (χ0v) is 12.5. The van der Waals surface area contributed by atoms with Gasteiger partial charge < -0.3 is 10.6 Å². The van der Waals surface area contributed by atoms with Crippen molar-refractivity contribution in [2.45, 2.75) is 19.4 Å². The zero-order valence-electron chi connectivity index (χ0n) is 10.9. The van der Waals surface area contributed by atoms with Crippen molar-refractivity contribution < 1.29 is 0 Å². The van der Waals surface area contributed by atoms with Gasteiger partial charge in [-0.3, -0.25) is 0 Å². The van der Waals surface area contributed by atoms with Crippen LogP contribution >= 0.6 is 23.6 Å². The summed E-state index contributed by atoms with van der Waals surface area (Å²) in [6, 6.07) is 6.30. The van der Waals surface area contributed by atoms with E-state index in [1.165, 1.54) is 4.88 Å². The molecule has 0 saturated heterocycles. The Morgan fingerprint density at radius 3 is 2.95 bits per heavy atom. The average Bonchev–Trinajstić information content (AvgIpc) is 2.90. The lowest BCUT2D eigenvalue weighted by molar-refractivity contribution is 0.674. The van der Waals surface area contributed by atoms with Crippen LogP contribution in [0.4, 0.5) is 5.82 Å². The minimum absolute atomic E-state index is 0.295. The van der Waals surface area contributed by atoms with Crippen molar-refractivity contribution in [3.63, 3.8) is 0 Å². The smallest absolute Gasteiger partial charge is 0.161 e. The molecule has 1 unspecified atom stereocenters. The molecule has 6 heteroatoms. The van der Waals surface area contributed by atoms with Gasteiger partial charge in [0.1, 0.15) is 4.99 Å². The molecule has 2 N–H and O–H groups in total. The van der Waals surface area contributed by atoms with Crippen LogP contribution in [0, 0.1) is 0 Å². The van der Waals surface area contributed by atoms with Crippen LogP contribution in [0.3, 0.4) is 0 Å². The van der Waals surface area contributed by atoms with Gasteiger partial charge in [0, 0.05) is 24.4 Å². The number of anilines is 1. The van der Waals surface area contributed by atoms with Gasteiger partial charge in [0.25, 0.3) is 0 Å². The van der Waals surface area contributed by atoms with Gasteiger partial charge >= 0.3 is 0 Å². The number of likely N-dealkylation sites (N-methyl/N-ethyl adjacent to an activating group) is 1. The van der Waals surface area contributed by atoms with E-state index in [0.717, 1.165) is 17.8 Å². The van der Waals surface area contributed by atoms with E-state index in [2.05, 4.69) is 39.5 Å². The Kier molecular flexibility index (Phi) is 4.44. The fourth-order valence-electron chi connectivity index (χ4n) is 1.84. The second-order valence-electron chi connectivity index (χ2n) is 4.38. The Bertz CT molecular complexity index is 554. The van der Waals surface area contributed by atoms with Gasteiger partial charge in [-0.15, -0.1) is 16.4 Å². The molecular weight excluding hydrogens is 276 g/mol. The highest BCUT2D eigenvalue weighted by atomic mass is 32.1. The number of thiocarbonyl (C=S) groups is 1. The monoisotopic (exact) mass is 292 g/mol. The van der Waals surface area contributed by atoms with E-state index >= 15 is 0 Å². The van der Waals surface area contributed by atoms with Crippen LogP contribution in [-0.4, -0.2) is 28.3 Å². The molecule has 2 aromatic rings. The summed E-state index contributed by atoms with van der Waals surface area (Å²) in [7, 11) is 1.99. The fourth-order valence-corrected chi connectivity index (χ4v) is 2.83. The molecule has 0 bridgehead atoms. The van der Waals surface area contributed by atoms with Gasteiger partial charge in [-0.2, -0.15) is 5.10 Å². The molecule has 2 aromatic heterocycles. The van der Waals surface area contributed by atoms with Gasteiger partial charge in [0.05, 0.1) is 11.8 Å². The number of hydrogen-bond donors (Lipinski definition) is 1. The molecule has 0 spiro atoms. The van der Waals surface area contributed by atoms with Crippen molar-refractivity contribution in [2.75, 3.05) is 11.9 Å². The first-order valence-electron chi connectivity index (χ1n) is 5.96. The summed E-state index contributed by atoms with van der Waals surface area (Å²) in [4.78, 5) is 3.77. The Morgan fingerprint density at radius 2 is 2.32 bits per heavy atom. The fraction of sp³-hybridized carbons (Fsp3) is 0.308. The third-order valence-corrected chi connectivity index (χ3v) is 4.16. The molecule has 1 atom stereocenters. The molecule has 100 valence electrons. The lowest BCUT2D eigenvalue weighted by Gasteiger charge is -2.26. The van der Waals surface area contributed by atoms with Crippen LogP contribution < -0.4 is 10.6 Å². The molecular formula is C13H16N4S2. The summed E-state index contributed by atoms with van der Waals surface area (Å²) in [5, 5.41) is 10.2. The molecule has 0 aliphatic rings. The normalized spacial score (nSPS) is 12.1. The number of nitrogens with two attached hydrogens (primary N) is 1. The molecule has 0 aromatic carbocycles. The predicted octanol–water partition coefficient (Wildman–Crippen LogP) is 2.24. The van der Waals surface area contributed by atoms with E-state index in [0.29, 0.717) is 11.0 Å². The van der Waals surface area contributed by atoms with Gasteiger partial charge in [0.2, 0.25) is 0 Å². The van der Waals surface area contributed by atoms with Crippen LogP contribution in [0.5, 0.6) is 0 Å². The van der Waals surface area contributed by atoms with Crippen molar-refractivity contribution in [3.8, 4) is 0 Å². The Hall–Kier alpha value is -1.53. The first-order valence-corrected chi connectivity index (χ1v) is 7.25. The van der Waals surface area contributed by atoms with Crippen molar-refractivity contribution >= 4 is 34.4 Å². The summed E-state index contributed by atoms with van der Waals surface area (Å²) in [5.74, 6) is 0.735. The Labute approximate surface area is 122 Å². The summed E-state index contributed by atoms with van der Waals surface area (Å²) in [6.45, 7) is 2.15. The topological polar surface area (TPSA) is 55.0 Å². The lowest BCUT2D eigenvalue weighted by atomic mass is 10.1. The molecule has 19 heavy (non-hydrogen) atoms. The van der Waals surface area contributed by atoms with Crippen molar-refractivity contribution in [2.24, 2.45) is 5.73 Å². The van der Waals surface area contributed by atoms with E-state index in [4.69, 9.17) is 18.0 Å². The van der Waals surface area contributed by atoms with Crippen molar-refractivity contribution in [1.29, 1.82) is 0 Å². The van der Waals surface area contributed by atoms with Crippen LogP contribution in [0.1, 0.15) is 17.4 Å². The number of thiophene rings is 1. The summed E-state index contributed by atoms with van der Waals surface area (Å²) in [5.41, 5.74) is 6.50. The number of aromatic nitrogens is 2. The van der Waals surface area contributed by atoms with Gasteiger partial charge in [-0.1, -0.05) is 18.3 Å². The van der Waals surface area contributed by atoms with Gasteiger partial charge in [0.15, 0.2) is 5.82 Å². The van der Waals surface area contributed by atoms with Crippen LogP contribution in [0.25, 0.3) is 0 Å². The largest absolute Gasteiger partial charge is 0.389 e. The lowest BCUT2D eigenvalue weighted by Crippen LogP contribution is -2.33.